The highest BCUT2D eigenvalue weighted by atomic mass is 16.4. The predicted octanol–water partition coefficient (Wildman–Crippen LogP) is 0.979. The molecule has 1 fully saturated rings. The van der Waals surface area contributed by atoms with E-state index in [0.717, 1.165) is 19.3 Å². The van der Waals surface area contributed by atoms with Gasteiger partial charge in [-0.25, -0.2) is 0 Å². The van der Waals surface area contributed by atoms with Crippen LogP contribution in [0.5, 0.6) is 0 Å². The molecule has 1 rings (SSSR count). The summed E-state index contributed by atoms with van der Waals surface area (Å²) in [6, 6.07) is 0. The second-order valence-electron chi connectivity index (χ2n) is 5.71. The first-order valence-corrected chi connectivity index (χ1v) is 6.62. The van der Waals surface area contributed by atoms with Gasteiger partial charge in [-0.2, -0.15) is 0 Å². The molecule has 0 radical (unpaired) electrons. The molecule has 104 valence electrons. The average Bonchev–Trinajstić information content (AvgIpc) is 2.22. The molecule has 1 saturated carbocycles. The molecule has 4 N–H and O–H groups in total. The fraction of sp³-hybridized carbons (Fsp3) is 0.846. The van der Waals surface area contributed by atoms with E-state index in [1.807, 2.05) is 13.8 Å². The molecule has 0 spiro atoms. The van der Waals surface area contributed by atoms with Crippen molar-refractivity contribution in [3.05, 3.63) is 0 Å². The third kappa shape index (κ3) is 3.45. The van der Waals surface area contributed by atoms with Crippen molar-refractivity contribution >= 4 is 11.9 Å². The van der Waals surface area contributed by atoms with Crippen molar-refractivity contribution in [2.24, 2.45) is 23.0 Å². The normalized spacial score (nSPS) is 19.1. The van der Waals surface area contributed by atoms with Gasteiger partial charge < -0.3 is 16.2 Å². The third-order valence-electron chi connectivity index (χ3n) is 3.80. The van der Waals surface area contributed by atoms with Crippen molar-refractivity contribution in [2.45, 2.75) is 39.5 Å². The molecule has 0 saturated heterocycles. The van der Waals surface area contributed by atoms with Crippen molar-refractivity contribution in [2.75, 3.05) is 13.1 Å². The summed E-state index contributed by atoms with van der Waals surface area (Å²) in [5.74, 6) is -1.13. The van der Waals surface area contributed by atoms with Crippen molar-refractivity contribution in [3.8, 4) is 0 Å². The van der Waals surface area contributed by atoms with Crippen LogP contribution in [0.2, 0.25) is 0 Å². The molecule has 18 heavy (non-hydrogen) atoms. The van der Waals surface area contributed by atoms with Gasteiger partial charge in [0, 0.05) is 13.1 Å². The lowest BCUT2D eigenvalue weighted by Gasteiger charge is -2.39. The summed E-state index contributed by atoms with van der Waals surface area (Å²) in [6.45, 7) is 4.50. The number of hydrogen-bond donors (Lipinski definition) is 3. The number of aliphatic carboxylic acids is 1. The van der Waals surface area contributed by atoms with Crippen LogP contribution in [0.3, 0.4) is 0 Å². The molecular formula is C13H24N2O3. The highest BCUT2D eigenvalue weighted by Crippen LogP contribution is 2.40. The first-order valence-electron chi connectivity index (χ1n) is 6.62. The summed E-state index contributed by atoms with van der Waals surface area (Å²) in [5, 5.41) is 11.9. The molecule has 1 unspecified atom stereocenters. The number of nitrogens with two attached hydrogens (primary N) is 1. The maximum atomic E-state index is 12.0. The Bertz CT molecular complexity index is 306. The summed E-state index contributed by atoms with van der Waals surface area (Å²) in [4.78, 5) is 23.1. The molecule has 1 aliphatic carbocycles. The van der Waals surface area contributed by atoms with E-state index < -0.39 is 17.3 Å². The molecule has 0 aromatic heterocycles. The van der Waals surface area contributed by atoms with E-state index in [0.29, 0.717) is 18.9 Å². The number of carboxylic acid groups (broad SMARTS) is 1. The van der Waals surface area contributed by atoms with E-state index >= 15 is 0 Å². The molecule has 0 heterocycles. The number of amides is 1. The molecule has 0 aliphatic heterocycles. The first kappa shape index (κ1) is 15.0. The second-order valence-corrected chi connectivity index (χ2v) is 5.71. The summed E-state index contributed by atoms with van der Waals surface area (Å²) in [5.41, 5.74) is 5.21. The maximum Gasteiger partial charge on any atom is 0.308 e. The summed E-state index contributed by atoms with van der Waals surface area (Å²) in [6.07, 6.45) is 3.23. The van der Waals surface area contributed by atoms with Crippen molar-refractivity contribution < 1.29 is 14.7 Å². The first-order chi connectivity index (χ1) is 8.41. The van der Waals surface area contributed by atoms with Gasteiger partial charge in [0.2, 0.25) is 5.91 Å². The highest BCUT2D eigenvalue weighted by molar-refractivity contribution is 5.84. The molecule has 0 bridgehead atoms. The fourth-order valence-electron chi connectivity index (χ4n) is 2.37. The lowest BCUT2D eigenvalue weighted by Crippen LogP contribution is -2.51. The number of rotatable bonds is 7. The number of carbonyl (C=O) groups excluding carboxylic acids is 1. The number of nitrogens with one attached hydrogen (secondary N) is 1. The molecule has 0 aromatic rings. The monoisotopic (exact) mass is 256 g/mol. The van der Waals surface area contributed by atoms with Crippen LogP contribution in [-0.4, -0.2) is 30.1 Å². The minimum Gasteiger partial charge on any atom is -0.481 e. The SMILES string of the molecule is CC(C)CC(CNC(=O)C1(CN)CCC1)C(=O)O. The molecule has 1 atom stereocenters. The molecule has 1 amide bonds. The minimum atomic E-state index is -0.848. The Morgan fingerprint density at radius 2 is 2.00 bits per heavy atom. The van der Waals surface area contributed by atoms with E-state index in [-0.39, 0.29) is 12.5 Å². The molecular weight excluding hydrogens is 232 g/mol. The Kier molecular flexibility index (Phi) is 5.14. The summed E-state index contributed by atoms with van der Waals surface area (Å²) >= 11 is 0. The standard InChI is InChI=1S/C13H24N2O3/c1-9(2)6-10(11(16)17)7-15-12(18)13(8-14)4-3-5-13/h9-10H,3-8,14H2,1-2H3,(H,15,18)(H,16,17). The van der Waals surface area contributed by atoms with Crippen LogP contribution in [0, 0.1) is 17.3 Å². The Labute approximate surface area is 108 Å². The van der Waals surface area contributed by atoms with Crippen molar-refractivity contribution in [3.63, 3.8) is 0 Å². The van der Waals surface area contributed by atoms with Gasteiger partial charge in [0.25, 0.3) is 0 Å². The van der Waals surface area contributed by atoms with E-state index in [4.69, 9.17) is 10.8 Å². The van der Waals surface area contributed by atoms with Gasteiger partial charge in [0.15, 0.2) is 0 Å². The lowest BCUT2D eigenvalue weighted by atomic mass is 9.68. The van der Waals surface area contributed by atoms with Crippen molar-refractivity contribution in [1.82, 2.24) is 5.32 Å². The van der Waals surface area contributed by atoms with Crippen molar-refractivity contribution in [1.29, 1.82) is 0 Å². The lowest BCUT2D eigenvalue weighted by molar-refractivity contribution is -0.143. The summed E-state index contributed by atoms with van der Waals surface area (Å²) in [7, 11) is 0. The van der Waals surface area contributed by atoms with Gasteiger partial charge in [-0.15, -0.1) is 0 Å². The second kappa shape index (κ2) is 6.18. The largest absolute Gasteiger partial charge is 0.481 e. The van der Waals surface area contributed by atoms with E-state index in [1.165, 1.54) is 0 Å². The van der Waals surface area contributed by atoms with Gasteiger partial charge in [0.05, 0.1) is 11.3 Å². The Balaban J connectivity index is 2.46. The van der Waals surface area contributed by atoms with Gasteiger partial charge in [-0.05, 0) is 25.2 Å². The van der Waals surface area contributed by atoms with Crippen LogP contribution in [0.15, 0.2) is 0 Å². The van der Waals surface area contributed by atoms with Crippen LogP contribution in [0.1, 0.15) is 39.5 Å². The summed E-state index contributed by atoms with van der Waals surface area (Å²) < 4.78 is 0. The molecule has 5 heteroatoms. The van der Waals surface area contributed by atoms with E-state index in [2.05, 4.69) is 5.32 Å². The average molecular weight is 256 g/mol. The zero-order valence-corrected chi connectivity index (χ0v) is 11.2. The van der Waals surface area contributed by atoms with Crippen LogP contribution in [0.4, 0.5) is 0 Å². The molecule has 1 aliphatic rings. The molecule has 0 aromatic carbocycles. The van der Waals surface area contributed by atoms with Gasteiger partial charge in [0.1, 0.15) is 0 Å². The topological polar surface area (TPSA) is 92.4 Å². The smallest absolute Gasteiger partial charge is 0.308 e. The Morgan fingerprint density at radius 3 is 2.33 bits per heavy atom. The van der Waals surface area contributed by atoms with Gasteiger partial charge in [-0.3, -0.25) is 9.59 Å². The number of hydrogen-bond acceptors (Lipinski definition) is 3. The third-order valence-corrected chi connectivity index (χ3v) is 3.80. The fourth-order valence-corrected chi connectivity index (χ4v) is 2.37. The van der Waals surface area contributed by atoms with Crippen LogP contribution in [0.25, 0.3) is 0 Å². The maximum absolute atomic E-state index is 12.0. The zero-order valence-electron chi connectivity index (χ0n) is 11.2. The zero-order chi connectivity index (χ0) is 13.8. The van der Waals surface area contributed by atoms with E-state index in [1.54, 1.807) is 0 Å². The van der Waals surface area contributed by atoms with E-state index in [9.17, 15) is 9.59 Å². The predicted molar refractivity (Wildman–Crippen MR) is 68.9 cm³/mol. The Hall–Kier alpha value is -1.10. The number of carbonyl (C=O) groups is 2. The Morgan fingerprint density at radius 1 is 1.39 bits per heavy atom. The van der Waals surface area contributed by atoms with Gasteiger partial charge in [-0.1, -0.05) is 20.3 Å². The van der Waals surface area contributed by atoms with Gasteiger partial charge >= 0.3 is 5.97 Å². The quantitative estimate of drug-likeness (QED) is 0.633. The molecule has 5 nitrogen and oxygen atoms in total. The highest BCUT2D eigenvalue weighted by Gasteiger charge is 2.42. The van der Waals surface area contributed by atoms with Crippen LogP contribution >= 0.6 is 0 Å². The minimum absolute atomic E-state index is 0.0775. The number of carboxylic acids is 1. The van der Waals surface area contributed by atoms with Crippen LogP contribution in [-0.2, 0) is 9.59 Å². The van der Waals surface area contributed by atoms with Crippen LogP contribution < -0.4 is 11.1 Å².